The molecule has 4 aromatic rings. The highest BCUT2D eigenvalue weighted by Gasteiger charge is 2.31. The third-order valence-corrected chi connectivity index (χ3v) is 6.10. The fraction of sp³-hybridized carbons (Fsp3) is 0.231. The van der Waals surface area contributed by atoms with Crippen LogP contribution in [0.25, 0.3) is 10.9 Å². The van der Waals surface area contributed by atoms with Gasteiger partial charge in [-0.15, -0.1) is 0 Å². The number of fused-ring (bicyclic) bond motifs is 2. The molecule has 1 aromatic heterocycles. The summed E-state index contributed by atoms with van der Waals surface area (Å²) >= 11 is 0. The van der Waals surface area contributed by atoms with Gasteiger partial charge in [0, 0.05) is 6.54 Å². The first-order valence-corrected chi connectivity index (χ1v) is 10.7. The molecule has 0 saturated carbocycles. The molecule has 1 N–H and O–H groups in total. The maximum atomic E-state index is 12.6. The van der Waals surface area contributed by atoms with Crippen LogP contribution in [0.5, 0.6) is 11.5 Å². The fourth-order valence-corrected chi connectivity index (χ4v) is 4.60. The van der Waals surface area contributed by atoms with Gasteiger partial charge in [-0.2, -0.15) is 0 Å². The highest BCUT2D eigenvalue weighted by Crippen LogP contribution is 2.41. The van der Waals surface area contributed by atoms with E-state index in [-0.39, 0.29) is 11.6 Å². The summed E-state index contributed by atoms with van der Waals surface area (Å²) in [7, 11) is 3.32. The molecule has 2 heterocycles. The highest BCUT2D eigenvalue weighted by atomic mass is 16.5. The van der Waals surface area contributed by atoms with Gasteiger partial charge in [-0.3, -0.25) is 9.69 Å². The molecule has 0 bridgehead atoms. The number of hydrogen-bond donors (Lipinski definition) is 1. The largest absolute Gasteiger partial charge is 0.493 e. The molecule has 0 fully saturated rings. The van der Waals surface area contributed by atoms with Gasteiger partial charge >= 0.3 is 0 Å². The Labute approximate surface area is 186 Å². The number of hydrogen-bond acceptors (Lipinski definition) is 5. The van der Waals surface area contributed by atoms with Gasteiger partial charge in [0.25, 0.3) is 5.56 Å². The van der Waals surface area contributed by atoms with Crippen LogP contribution in [0.4, 0.5) is 0 Å². The van der Waals surface area contributed by atoms with Crippen LogP contribution >= 0.6 is 0 Å². The van der Waals surface area contributed by atoms with Gasteiger partial charge in [0.05, 0.1) is 37.7 Å². The summed E-state index contributed by atoms with van der Waals surface area (Å²) in [5, 5.41) is 0.608. The summed E-state index contributed by atoms with van der Waals surface area (Å²) in [5.74, 6) is 2.12. The number of methoxy groups -OCH3 is 2. The fourth-order valence-electron chi connectivity index (χ4n) is 4.60. The number of ether oxygens (including phenoxy) is 2. The zero-order valence-corrected chi connectivity index (χ0v) is 18.2. The van der Waals surface area contributed by atoms with Crippen LogP contribution in [0.1, 0.15) is 28.6 Å². The summed E-state index contributed by atoms with van der Waals surface area (Å²) in [6.07, 6.45) is 0.872. The molecule has 0 amide bonds. The van der Waals surface area contributed by atoms with Crippen LogP contribution in [-0.4, -0.2) is 35.6 Å². The molecular formula is C26H25N3O3. The number of nitrogens with one attached hydrogen (secondary N) is 1. The average molecular weight is 428 g/mol. The molecule has 1 aliphatic rings. The van der Waals surface area contributed by atoms with Crippen LogP contribution in [0.15, 0.2) is 71.5 Å². The first-order chi connectivity index (χ1) is 15.7. The van der Waals surface area contributed by atoms with Crippen molar-refractivity contribution >= 4 is 10.9 Å². The molecule has 0 saturated heterocycles. The molecule has 32 heavy (non-hydrogen) atoms. The molecule has 0 radical (unpaired) electrons. The normalized spacial score (nSPS) is 16.0. The Bertz CT molecular complexity index is 1320. The SMILES string of the molecule is COc1cc2c(cc1OC)[C@@H](c1ccccc1)N(Cc1nc3ccccc3c(=O)[nH]1)CC2. The minimum absolute atomic E-state index is 0.0107. The van der Waals surface area contributed by atoms with Crippen molar-refractivity contribution in [1.82, 2.24) is 14.9 Å². The molecule has 0 aliphatic carbocycles. The lowest BCUT2D eigenvalue weighted by molar-refractivity contribution is 0.198. The van der Waals surface area contributed by atoms with Crippen molar-refractivity contribution in [2.24, 2.45) is 0 Å². The van der Waals surface area contributed by atoms with Crippen molar-refractivity contribution in [3.63, 3.8) is 0 Å². The first-order valence-electron chi connectivity index (χ1n) is 10.7. The van der Waals surface area contributed by atoms with E-state index in [9.17, 15) is 4.79 Å². The lowest BCUT2D eigenvalue weighted by atomic mass is 9.87. The van der Waals surface area contributed by atoms with E-state index in [1.54, 1.807) is 20.3 Å². The molecule has 162 valence electrons. The van der Waals surface area contributed by atoms with Gasteiger partial charge in [0.15, 0.2) is 11.5 Å². The summed E-state index contributed by atoms with van der Waals surface area (Å²) in [4.78, 5) is 22.7. The van der Waals surface area contributed by atoms with Gasteiger partial charge in [0.1, 0.15) is 5.82 Å². The number of rotatable bonds is 5. The molecule has 6 nitrogen and oxygen atoms in total. The zero-order valence-electron chi connectivity index (χ0n) is 18.2. The van der Waals surface area contributed by atoms with Crippen LogP contribution in [0, 0.1) is 0 Å². The summed E-state index contributed by atoms with van der Waals surface area (Å²) in [6.45, 7) is 1.37. The average Bonchev–Trinajstić information content (AvgIpc) is 2.83. The standard InChI is InChI=1S/C26H25N3O3/c1-31-22-14-18-12-13-29(16-24-27-21-11-7-6-10-19(21)26(30)28-24)25(17-8-4-3-5-9-17)20(18)15-23(22)32-2/h3-11,14-15,25H,12-13,16H2,1-2H3,(H,27,28,30)/t25-/m1/s1. The van der Waals surface area contributed by atoms with E-state index in [0.717, 1.165) is 18.7 Å². The summed E-state index contributed by atoms with van der Waals surface area (Å²) < 4.78 is 11.1. The monoisotopic (exact) mass is 427 g/mol. The lowest BCUT2D eigenvalue weighted by Gasteiger charge is -2.37. The van der Waals surface area contributed by atoms with Crippen molar-refractivity contribution in [3.05, 3.63) is 99.6 Å². The molecule has 3 aromatic carbocycles. The van der Waals surface area contributed by atoms with Crippen LogP contribution in [-0.2, 0) is 13.0 Å². The van der Waals surface area contributed by atoms with E-state index in [2.05, 4.69) is 46.3 Å². The van der Waals surface area contributed by atoms with Crippen molar-refractivity contribution in [2.75, 3.05) is 20.8 Å². The predicted molar refractivity (Wildman–Crippen MR) is 124 cm³/mol. The van der Waals surface area contributed by atoms with Crippen LogP contribution in [0.3, 0.4) is 0 Å². The quantitative estimate of drug-likeness (QED) is 0.520. The minimum Gasteiger partial charge on any atom is -0.493 e. The second-order valence-corrected chi connectivity index (χ2v) is 7.97. The van der Waals surface area contributed by atoms with E-state index in [4.69, 9.17) is 14.5 Å². The maximum Gasteiger partial charge on any atom is 0.258 e. The Balaban J connectivity index is 1.59. The Morgan fingerprint density at radius 1 is 1.00 bits per heavy atom. The third-order valence-electron chi connectivity index (χ3n) is 6.10. The minimum atomic E-state index is -0.106. The number of aromatic amines is 1. The van der Waals surface area contributed by atoms with Gasteiger partial charge in [-0.1, -0.05) is 42.5 Å². The number of nitrogens with zero attached hydrogens (tertiary/aromatic N) is 2. The van der Waals surface area contributed by atoms with Gasteiger partial charge in [-0.25, -0.2) is 4.98 Å². The molecule has 0 spiro atoms. The molecular weight excluding hydrogens is 402 g/mol. The number of benzene rings is 3. The predicted octanol–water partition coefficient (Wildman–Crippen LogP) is 4.09. The summed E-state index contributed by atoms with van der Waals surface area (Å²) in [6, 6.07) is 22.0. The van der Waals surface area contributed by atoms with E-state index < -0.39 is 0 Å². The van der Waals surface area contributed by atoms with Crippen molar-refractivity contribution in [3.8, 4) is 11.5 Å². The van der Waals surface area contributed by atoms with Gasteiger partial charge in [-0.05, 0) is 47.4 Å². The first kappa shape index (κ1) is 20.3. The van der Waals surface area contributed by atoms with Crippen LogP contribution in [0.2, 0.25) is 0 Å². The van der Waals surface area contributed by atoms with Gasteiger partial charge in [0.2, 0.25) is 0 Å². The molecule has 5 rings (SSSR count). The van der Waals surface area contributed by atoms with E-state index in [1.165, 1.54) is 16.7 Å². The van der Waals surface area contributed by atoms with E-state index in [1.807, 2.05) is 24.3 Å². The van der Waals surface area contributed by atoms with Crippen molar-refractivity contribution in [2.45, 2.75) is 19.0 Å². The second kappa shape index (κ2) is 8.48. The lowest BCUT2D eigenvalue weighted by Crippen LogP contribution is -2.36. The molecule has 1 aliphatic heterocycles. The zero-order chi connectivity index (χ0) is 22.1. The topological polar surface area (TPSA) is 67.5 Å². The van der Waals surface area contributed by atoms with Crippen molar-refractivity contribution < 1.29 is 9.47 Å². The Hall–Kier alpha value is -3.64. The second-order valence-electron chi connectivity index (χ2n) is 7.97. The smallest absolute Gasteiger partial charge is 0.258 e. The number of para-hydroxylation sites is 1. The van der Waals surface area contributed by atoms with Gasteiger partial charge < -0.3 is 14.5 Å². The maximum absolute atomic E-state index is 12.6. The van der Waals surface area contributed by atoms with E-state index >= 15 is 0 Å². The van der Waals surface area contributed by atoms with Crippen molar-refractivity contribution in [1.29, 1.82) is 0 Å². The van der Waals surface area contributed by atoms with Crippen LogP contribution < -0.4 is 15.0 Å². The molecule has 6 heteroatoms. The molecule has 1 atom stereocenters. The van der Waals surface area contributed by atoms with E-state index in [0.29, 0.717) is 29.0 Å². The highest BCUT2D eigenvalue weighted by molar-refractivity contribution is 5.77. The molecule has 0 unspecified atom stereocenters. The number of H-pyrrole nitrogens is 1. The number of aromatic nitrogens is 2. The Morgan fingerprint density at radius 2 is 1.72 bits per heavy atom. The Morgan fingerprint density at radius 3 is 2.50 bits per heavy atom. The summed E-state index contributed by atoms with van der Waals surface area (Å²) in [5.41, 5.74) is 4.22. The Kier molecular flexibility index (Phi) is 5.37. The third kappa shape index (κ3) is 3.63.